The molecule has 0 unspecified atom stereocenters. The van der Waals surface area contributed by atoms with Gasteiger partial charge >= 0.3 is 12.1 Å². The summed E-state index contributed by atoms with van der Waals surface area (Å²) in [6.07, 6.45) is -0.287. The van der Waals surface area contributed by atoms with Crippen LogP contribution in [0.25, 0.3) is 0 Å². The first-order chi connectivity index (χ1) is 10.7. The molecule has 1 heterocycles. The molecule has 2 rings (SSSR count). The van der Waals surface area contributed by atoms with Gasteiger partial charge in [-0.25, -0.2) is 9.59 Å². The van der Waals surface area contributed by atoms with Crippen LogP contribution in [0, 0.1) is 0 Å². The first kappa shape index (κ1) is 17.1. The second-order valence-electron chi connectivity index (χ2n) is 6.82. The van der Waals surface area contributed by atoms with Gasteiger partial charge < -0.3 is 19.6 Å². The van der Waals surface area contributed by atoms with Crippen molar-refractivity contribution in [2.24, 2.45) is 0 Å². The lowest BCUT2D eigenvalue weighted by Crippen LogP contribution is -2.54. The Labute approximate surface area is 136 Å². The van der Waals surface area contributed by atoms with E-state index in [2.05, 4.69) is 4.90 Å². The van der Waals surface area contributed by atoms with Crippen molar-refractivity contribution < 1.29 is 19.4 Å². The average Bonchev–Trinajstić information content (AvgIpc) is 2.45. The van der Waals surface area contributed by atoms with Crippen molar-refractivity contribution in [3.05, 3.63) is 29.8 Å². The third kappa shape index (κ3) is 4.37. The molecular formula is C17H24N2O4. The molecule has 0 spiro atoms. The maximum absolute atomic E-state index is 12.1. The number of carboxylic acids is 1. The number of aromatic carboxylic acids is 1. The number of rotatable bonds is 2. The highest BCUT2D eigenvalue weighted by Gasteiger charge is 2.29. The van der Waals surface area contributed by atoms with E-state index in [1.165, 1.54) is 0 Å². The number of ether oxygens (including phenoxy) is 1. The molecule has 1 saturated heterocycles. The minimum atomic E-state index is -0.931. The van der Waals surface area contributed by atoms with Crippen molar-refractivity contribution in [3.8, 4) is 0 Å². The maximum atomic E-state index is 12.1. The number of benzene rings is 1. The minimum absolute atomic E-state index is 0.131. The Morgan fingerprint density at radius 3 is 2.26 bits per heavy atom. The molecule has 6 nitrogen and oxygen atoms in total. The molecule has 1 aliphatic rings. The summed E-state index contributed by atoms with van der Waals surface area (Å²) < 4.78 is 5.41. The number of carbonyl (C=O) groups excluding carboxylic acids is 1. The number of piperazine rings is 1. The fraction of sp³-hybridized carbons (Fsp3) is 0.529. The summed E-state index contributed by atoms with van der Waals surface area (Å²) in [6, 6.07) is 6.95. The monoisotopic (exact) mass is 320 g/mol. The van der Waals surface area contributed by atoms with E-state index in [-0.39, 0.29) is 17.7 Å². The lowest BCUT2D eigenvalue weighted by atomic mass is 10.1. The number of carboxylic acid groups (broad SMARTS) is 1. The van der Waals surface area contributed by atoms with Gasteiger partial charge in [0.05, 0.1) is 5.56 Å². The van der Waals surface area contributed by atoms with Crippen LogP contribution in [0.3, 0.4) is 0 Å². The Morgan fingerprint density at radius 2 is 1.78 bits per heavy atom. The van der Waals surface area contributed by atoms with Crippen LogP contribution in [-0.2, 0) is 4.74 Å². The highest BCUT2D eigenvalue weighted by atomic mass is 16.6. The van der Waals surface area contributed by atoms with Crippen LogP contribution in [0.4, 0.5) is 10.5 Å². The maximum Gasteiger partial charge on any atom is 0.410 e. The van der Waals surface area contributed by atoms with Gasteiger partial charge in [0.1, 0.15) is 5.60 Å². The summed E-state index contributed by atoms with van der Waals surface area (Å²) in [5, 5.41) is 8.95. The zero-order valence-electron chi connectivity index (χ0n) is 14.1. The van der Waals surface area contributed by atoms with Gasteiger partial charge in [0, 0.05) is 31.4 Å². The van der Waals surface area contributed by atoms with Gasteiger partial charge in [-0.05, 0) is 52.0 Å². The molecule has 0 radical (unpaired) electrons. The molecule has 6 heteroatoms. The first-order valence-electron chi connectivity index (χ1n) is 7.75. The van der Waals surface area contributed by atoms with E-state index in [0.29, 0.717) is 19.6 Å². The van der Waals surface area contributed by atoms with Crippen LogP contribution < -0.4 is 4.90 Å². The van der Waals surface area contributed by atoms with E-state index < -0.39 is 11.6 Å². The van der Waals surface area contributed by atoms with Crippen molar-refractivity contribution in [2.45, 2.75) is 39.3 Å². The van der Waals surface area contributed by atoms with E-state index in [0.717, 1.165) is 5.69 Å². The molecule has 0 aliphatic carbocycles. The molecule has 126 valence electrons. The second kappa shape index (κ2) is 6.48. The van der Waals surface area contributed by atoms with E-state index >= 15 is 0 Å². The Morgan fingerprint density at radius 1 is 1.17 bits per heavy atom. The fourth-order valence-corrected chi connectivity index (χ4v) is 2.63. The largest absolute Gasteiger partial charge is 0.478 e. The zero-order valence-corrected chi connectivity index (χ0v) is 14.1. The highest BCUT2D eigenvalue weighted by Crippen LogP contribution is 2.22. The van der Waals surface area contributed by atoms with Crippen LogP contribution in [-0.4, -0.2) is 53.3 Å². The minimum Gasteiger partial charge on any atom is -0.478 e. The van der Waals surface area contributed by atoms with Crippen molar-refractivity contribution in [2.75, 3.05) is 24.5 Å². The van der Waals surface area contributed by atoms with Crippen molar-refractivity contribution in [3.63, 3.8) is 0 Å². The van der Waals surface area contributed by atoms with Gasteiger partial charge in [-0.1, -0.05) is 0 Å². The number of amides is 1. The number of anilines is 1. The number of hydrogen-bond acceptors (Lipinski definition) is 4. The molecule has 23 heavy (non-hydrogen) atoms. The Balaban J connectivity index is 2.01. The second-order valence-corrected chi connectivity index (χ2v) is 6.82. The highest BCUT2D eigenvalue weighted by molar-refractivity contribution is 5.88. The molecule has 0 bridgehead atoms. The van der Waals surface area contributed by atoms with Crippen LogP contribution >= 0.6 is 0 Å². The Kier molecular flexibility index (Phi) is 4.82. The van der Waals surface area contributed by atoms with Gasteiger partial charge in [0.25, 0.3) is 0 Å². The normalized spacial score (nSPS) is 18.7. The summed E-state index contributed by atoms with van der Waals surface area (Å²) in [5.74, 6) is -0.931. The lowest BCUT2D eigenvalue weighted by molar-refractivity contribution is 0.0218. The predicted octanol–water partition coefficient (Wildman–Crippen LogP) is 2.83. The average molecular weight is 320 g/mol. The van der Waals surface area contributed by atoms with Crippen molar-refractivity contribution in [1.82, 2.24) is 4.90 Å². The number of carbonyl (C=O) groups is 2. The van der Waals surface area contributed by atoms with Gasteiger partial charge in [-0.15, -0.1) is 0 Å². The topological polar surface area (TPSA) is 70.1 Å². The standard InChI is InChI=1S/C17H24N2O4/c1-12-11-18(16(22)23-17(2,3)4)9-10-19(12)14-7-5-13(6-8-14)15(20)21/h5-8,12H,9-11H2,1-4H3,(H,20,21)/t12-/m0/s1. The smallest absolute Gasteiger partial charge is 0.410 e. The van der Waals surface area contributed by atoms with E-state index in [1.54, 1.807) is 17.0 Å². The van der Waals surface area contributed by atoms with Crippen molar-refractivity contribution in [1.29, 1.82) is 0 Å². The van der Waals surface area contributed by atoms with E-state index in [4.69, 9.17) is 9.84 Å². The van der Waals surface area contributed by atoms with Crippen LogP contribution in [0.1, 0.15) is 38.1 Å². The molecule has 1 aromatic carbocycles. The fourth-order valence-electron chi connectivity index (χ4n) is 2.63. The third-order valence-electron chi connectivity index (χ3n) is 3.73. The third-order valence-corrected chi connectivity index (χ3v) is 3.73. The molecular weight excluding hydrogens is 296 g/mol. The zero-order chi connectivity index (χ0) is 17.2. The predicted molar refractivity (Wildman–Crippen MR) is 88.0 cm³/mol. The Hall–Kier alpha value is -2.24. The van der Waals surface area contributed by atoms with Gasteiger partial charge in [0.15, 0.2) is 0 Å². The molecule has 1 N–H and O–H groups in total. The quantitative estimate of drug-likeness (QED) is 0.907. The summed E-state index contributed by atoms with van der Waals surface area (Å²) in [4.78, 5) is 26.9. The SMILES string of the molecule is C[C@H]1CN(C(=O)OC(C)(C)C)CCN1c1ccc(C(=O)O)cc1. The summed E-state index contributed by atoms with van der Waals surface area (Å²) in [7, 11) is 0. The lowest BCUT2D eigenvalue weighted by Gasteiger charge is -2.41. The van der Waals surface area contributed by atoms with E-state index in [9.17, 15) is 9.59 Å². The molecule has 0 saturated carbocycles. The summed E-state index contributed by atoms with van der Waals surface area (Å²) >= 11 is 0. The molecule has 0 aromatic heterocycles. The van der Waals surface area contributed by atoms with Gasteiger partial charge in [-0.3, -0.25) is 0 Å². The first-order valence-corrected chi connectivity index (χ1v) is 7.75. The van der Waals surface area contributed by atoms with Crippen LogP contribution in [0.15, 0.2) is 24.3 Å². The molecule has 1 aromatic rings. The van der Waals surface area contributed by atoms with Crippen LogP contribution in [0.5, 0.6) is 0 Å². The Bertz CT molecular complexity index is 577. The summed E-state index contributed by atoms with van der Waals surface area (Å²) in [6.45, 7) is 9.46. The van der Waals surface area contributed by atoms with E-state index in [1.807, 2.05) is 39.8 Å². The van der Waals surface area contributed by atoms with Gasteiger partial charge in [-0.2, -0.15) is 0 Å². The molecule has 1 fully saturated rings. The number of hydrogen-bond donors (Lipinski definition) is 1. The van der Waals surface area contributed by atoms with Crippen LogP contribution in [0.2, 0.25) is 0 Å². The molecule has 1 atom stereocenters. The molecule has 1 amide bonds. The van der Waals surface area contributed by atoms with Crippen molar-refractivity contribution >= 4 is 17.7 Å². The molecule has 1 aliphatic heterocycles. The summed E-state index contributed by atoms with van der Waals surface area (Å²) in [5.41, 5.74) is 0.740. The number of nitrogens with zero attached hydrogens (tertiary/aromatic N) is 2. The van der Waals surface area contributed by atoms with Gasteiger partial charge in [0.2, 0.25) is 0 Å².